The molecule has 3 unspecified atom stereocenters. The van der Waals surface area contributed by atoms with E-state index >= 15 is 0 Å². The van der Waals surface area contributed by atoms with Crippen molar-refractivity contribution in [2.45, 2.75) is 54.0 Å². The number of carbonyl (C=O) groups is 1. The molecule has 0 spiro atoms. The van der Waals surface area contributed by atoms with Gasteiger partial charge in [0, 0.05) is 28.1 Å². The molecule has 106 valence electrons. The maximum Gasteiger partial charge on any atom is 0.231 e. The number of fused-ring (bicyclic) bond motifs is 3. The average Bonchev–Trinajstić information content (AvgIpc) is 2.98. The summed E-state index contributed by atoms with van der Waals surface area (Å²) in [6, 6.07) is 9.13. The second kappa shape index (κ2) is 4.96. The largest absolute Gasteiger partial charge is 0.336 e. The number of alkyl halides is 1. The summed E-state index contributed by atoms with van der Waals surface area (Å²) in [5, 5.41) is 0.266. The van der Waals surface area contributed by atoms with Crippen LogP contribution >= 0.6 is 23.4 Å². The third-order valence-electron chi connectivity index (χ3n) is 4.93. The van der Waals surface area contributed by atoms with Crippen LogP contribution < -0.4 is 0 Å². The van der Waals surface area contributed by atoms with Crippen LogP contribution in [0.25, 0.3) is 0 Å². The van der Waals surface area contributed by atoms with Gasteiger partial charge < -0.3 is 4.90 Å². The maximum absolute atomic E-state index is 13.0. The molecule has 2 bridgehead atoms. The van der Waals surface area contributed by atoms with Gasteiger partial charge >= 0.3 is 0 Å². The van der Waals surface area contributed by atoms with Crippen molar-refractivity contribution in [2.24, 2.45) is 0 Å². The van der Waals surface area contributed by atoms with Crippen LogP contribution in [0.5, 0.6) is 0 Å². The fraction of sp³-hybridized carbons (Fsp3) is 0.562. The fourth-order valence-corrected chi connectivity index (χ4v) is 5.65. The molecule has 0 saturated carbocycles. The number of thioether (sulfide) groups is 1. The van der Waals surface area contributed by atoms with Gasteiger partial charge in [0.1, 0.15) is 0 Å². The lowest BCUT2D eigenvalue weighted by molar-refractivity contribution is -0.136. The summed E-state index contributed by atoms with van der Waals surface area (Å²) in [6.45, 7) is 0. The number of benzene rings is 1. The van der Waals surface area contributed by atoms with Crippen LogP contribution in [0.4, 0.5) is 0 Å². The number of nitrogens with zero attached hydrogens (tertiary/aromatic N) is 1. The van der Waals surface area contributed by atoms with Crippen molar-refractivity contribution in [1.29, 1.82) is 0 Å². The maximum atomic E-state index is 13.0. The summed E-state index contributed by atoms with van der Waals surface area (Å²) in [6.07, 6.45) is 4.24. The number of piperidine rings is 1. The van der Waals surface area contributed by atoms with Crippen molar-refractivity contribution in [3.63, 3.8) is 0 Å². The fourth-order valence-electron chi connectivity index (χ4n) is 4.02. The molecule has 4 heteroatoms. The first-order valence-corrected chi connectivity index (χ1v) is 8.84. The van der Waals surface area contributed by atoms with E-state index in [1.54, 1.807) is 0 Å². The summed E-state index contributed by atoms with van der Waals surface area (Å²) < 4.78 is 0. The number of hydrogen-bond donors (Lipinski definition) is 0. The Morgan fingerprint density at radius 1 is 1.20 bits per heavy atom. The summed E-state index contributed by atoms with van der Waals surface area (Å²) in [4.78, 5) is 16.5. The van der Waals surface area contributed by atoms with E-state index in [0.717, 1.165) is 31.4 Å². The highest BCUT2D eigenvalue weighted by atomic mass is 35.5. The lowest BCUT2D eigenvalue weighted by atomic mass is 9.95. The van der Waals surface area contributed by atoms with Crippen molar-refractivity contribution >= 4 is 29.3 Å². The van der Waals surface area contributed by atoms with Gasteiger partial charge in [-0.2, -0.15) is 0 Å². The van der Waals surface area contributed by atoms with Crippen LogP contribution in [0.2, 0.25) is 0 Å². The molecule has 0 N–H and O–H groups in total. The molecule has 3 heterocycles. The molecular formula is C16H18ClNOS. The number of rotatable bonds is 1. The summed E-state index contributed by atoms with van der Waals surface area (Å²) >= 11 is 8.13. The standard InChI is InChI=1S/C16H18ClNOS/c17-10-7-11-5-6-12(8-10)18(11)16(19)14-9-20-15-4-2-1-3-13(14)15/h1-4,10-12,14H,5-9H2. The Bertz CT molecular complexity index is 535. The van der Waals surface area contributed by atoms with Crippen LogP contribution in [0, 0.1) is 0 Å². The number of amides is 1. The molecule has 3 aliphatic rings. The summed E-state index contributed by atoms with van der Waals surface area (Å²) in [5.74, 6) is 1.31. The van der Waals surface area contributed by atoms with Crippen molar-refractivity contribution in [1.82, 2.24) is 4.90 Å². The minimum Gasteiger partial charge on any atom is -0.336 e. The molecular weight excluding hydrogens is 290 g/mol. The minimum atomic E-state index is 0.0613. The molecule has 3 atom stereocenters. The van der Waals surface area contributed by atoms with Gasteiger partial charge in [0.25, 0.3) is 0 Å². The molecule has 2 saturated heterocycles. The highest BCUT2D eigenvalue weighted by Gasteiger charge is 2.45. The van der Waals surface area contributed by atoms with Crippen molar-refractivity contribution < 1.29 is 4.79 Å². The number of halogens is 1. The summed E-state index contributed by atoms with van der Waals surface area (Å²) in [7, 11) is 0. The predicted molar refractivity (Wildman–Crippen MR) is 82.4 cm³/mol. The van der Waals surface area contributed by atoms with Gasteiger partial charge in [-0.25, -0.2) is 0 Å². The Balaban J connectivity index is 1.60. The van der Waals surface area contributed by atoms with E-state index in [4.69, 9.17) is 11.6 Å². The Morgan fingerprint density at radius 2 is 1.90 bits per heavy atom. The van der Waals surface area contributed by atoms with Crippen molar-refractivity contribution in [3.8, 4) is 0 Å². The zero-order chi connectivity index (χ0) is 13.7. The van der Waals surface area contributed by atoms with Gasteiger partial charge in [-0.3, -0.25) is 4.79 Å². The molecule has 4 rings (SSSR count). The van der Waals surface area contributed by atoms with E-state index in [1.807, 2.05) is 17.8 Å². The normalized spacial score (nSPS) is 35.1. The topological polar surface area (TPSA) is 20.3 Å². The number of carbonyl (C=O) groups excluding carboxylic acids is 1. The van der Waals surface area contributed by atoms with Gasteiger partial charge in [0.2, 0.25) is 5.91 Å². The number of hydrogen-bond acceptors (Lipinski definition) is 2. The van der Waals surface area contributed by atoms with Crippen LogP contribution in [0.3, 0.4) is 0 Å². The Morgan fingerprint density at radius 3 is 2.65 bits per heavy atom. The van der Waals surface area contributed by atoms with Crippen LogP contribution in [-0.2, 0) is 4.79 Å². The summed E-state index contributed by atoms with van der Waals surface area (Å²) in [5.41, 5.74) is 1.23. The first-order valence-electron chi connectivity index (χ1n) is 7.42. The monoisotopic (exact) mass is 307 g/mol. The first kappa shape index (κ1) is 13.0. The quantitative estimate of drug-likeness (QED) is 0.738. The van der Waals surface area contributed by atoms with Crippen LogP contribution in [0.1, 0.15) is 37.2 Å². The van der Waals surface area contributed by atoms with Crippen molar-refractivity contribution in [2.75, 3.05) is 5.75 Å². The molecule has 1 amide bonds. The van der Waals surface area contributed by atoms with Gasteiger partial charge in [-0.15, -0.1) is 23.4 Å². The lowest BCUT2D eigenvalue weighted by Gasteiger charge is -2.38. The van der Waals surface area contributed by atoms with E-state index < -0.39 is 0 Å². The SMILES string of the molecule is O=C(C1CSc2ccccc21)N1C2CCC1CC(Cl)C2. The Kier molecular flexibility index (Phi) is 3.23. The Labute approximate surface area is 128 Å². The second-order valence-corrected chi connectivity index (χ2v) is 7.78. The van der Waals surface area contributed by atoms with E-state index in [9.17, 15) is 4.79 Å². The zero-order valence-electron chi connectivity index (χ0n) is 11.3. The third-order valence-corrected chi connectivity index (χ3v) is 6.47. The molecule has 2 nitrogen and oxygen atoms in total. The highest BCUT2D eigenvalue weighted by Crippen LogP contribution is 2.44. The Hall–Kier alpha value is -0.670. The zero-order valence-corrected chi connectivity index (χ0v) is 12.9. The lowest BCUT2D eigenvalue weighted by Crippen LogP contribution is -2.48. The average molecular weight is 308 g/mol. The molecule has 1 aromatic rings. The van der Waals surface area contributed by atoms with Crippen molar-refractivity contribution in [3.05, 3.63) is 29.8 Å². The van der Waals surface area contributed by atoms with Gasteiger partial charge in [0.15, 0.2) is 0 Å². The first-order chi connectivity index (χ1) is 9.74. The van der Waals surface area contributed by atoms with Gasteiger partial charge in [-0.1, -0.05) is 18.2 Å². The third kappa shape index (κ3) is 1.98. The molecule has 20 heavy (non-hydrogen) atoms. The van der Waals surface area contributed by atoms with Crippen LogP contribution in [-0.4, -0.2) is 34.0 Å². The van der Waals surface area contributed by atoms with E-state index in [1.165, 1.54) is 10.5 Å². The van der Waals surface area contributed by atoms with Gasteiger partial charge in [0.05, 0.1) is 5.92 Å². The van der Waals surface area contributed by atoms with E-state index in [0.29, 0.717) is 18.0 Å². The minimum absolute atomic E-state index is 0.0613. The molecule has 2 fully saturated rings. The molecule has 0 aromatic heterocycles. The van der Waals surface area contributed by atoms with E-state index in [-0.39, 0.29) is 11.3 Å². The van der Waals surface area contributed by atoms with Gasteiger partial charge in [-0.05, 0) is 37.3 Å². The molecule has 0 radical (unpaired) electrons. The highest BCUT2D eigenvalue weighted by molar-refractivity contribution is 7.99. The molecule has 0 aliphatic carbocycles. The second-order valence-electron chi connectivity index (χ2n) is 6.10. The smallest absolute Gasteiger partial charge is 0.231 e. The molecule has 1 aromatic carbocycles. The van der Waals surface area contributed by atoms with E-state index in [2.05, 4.69) is 23.1 Å². The molecule has 3 aliphatic heterocycles. The van der Waals surface area contributed by atoms with Crippen LogP contribution in [0.15, 0.2) is 29.2 Å². The predicted octanol–water partition coefficient (Wildman–Crippen LogP) is 3.64.